The number of carbonyl (C=O) groups is 1. The quantitative estimate of drug-likeness (QED) is 0.409. The van der Waals surface area contributed by atoms with E-state index in [1.807, 2.05) is 12.1 Å². The smallest absolute Gasteiger partial charge is 0.350 e. The molecule has 0 bridgehead atoms. The maximum atomic E-state index is 11.9. The standard InChI is InChI=1S/C16H15N3O4S/c1-4-23-16(20)14-9(2)17-15(24-14)10-5-6-12-11(7-10)13(19(21)22)8-18(12)3/h5-8H,4H2,1-3H3. The van der Waals surface area contributed by atoms with Crippen LogP contribution < -0.4 is 0 Å². The lowest BCUT2D eigenvalue weighted by Gasteiger charge is -1.99. The molecule has 0 amide bonds. The summed E-state index contributed by atoms with van der Waals surface area (Å²) in [5.41, 5.74) is 2.15. The highest BCUT2D eigenvalue weighted by atomic mass is 32.1. The molecule has 2 aromatic heterocycles. The number of ether oxygens (including phenoxy) is 1. The Morgan fingerprint density at radius 1 is 1.46 bits per heavy atom. The summed E-state index contributed by atoms with van der Waals surface area (Å²) in [6, 6.07) is 5.40. The van der Waals surface area contributed by atoms with Crippen molar-refractivity contribution >= 4 is 33.9 Å². The second-order valence-corrected chi connectivity index (χ2v) is 6.27. The van der Waals surface area contributed by atoms with Crippen molar-refractivity contribution in [1.82, 2.24) is 9.55 Å². The Bertz CT molecular complexity index is 958. The summed E-state index contributed by atoms with van der Waals surface area (Å²) in [4.78, 5) is 27.6. The molecule has 0 unspecified atom stereocenters. The van der Waals surface area contributed by atoms with E-state index in [1.165, 1.54) is 17.5 Å². The van der Waals surface area contributed by atoms with Crippen LogP contribution in [0.4, 0.5) is 5.69 Å². The number of thiazole rings is 1. The number of fused-ring (bicyclic) bond motifs is 1. The van der Waals surface area contributed by atoms with E-state index in [4.69, 9.17) is 4.74 Å². The van der Waals surface area contributed by atoms with E-state index in [-0.39, 0.29) is 5.69 Å². The Balaban J connectivity index is 2.10. The third-order valence-corrected chi connectivity index (χ3v) is 4.86. The van der Waals surface area contributed by atoms with Crippen LogP contribution in [-0.4, -0.2) is 27.1 Å². The fourth-order valence-corrected chi connectivity index (χ4v) is 3.51. The van der Waals surface area contributed by atoms with E-state index in [0.717, 1.165) is 11.1 Å². The summed E-state index contributed by atoms with van der Waals surface area (Å²) in [6.45, 7) is 3.79. The largest absolute Gasteiger partial charge is 0.462 e. The molecule has 3 aromatic rings. The van der Waals surface area contributed by atoms with Crippen LogP contribution >= 0.6 is 11.3 Å². The van der Waals surface area contributed by atoms with Crippen LogP contribution in [0.15, 0.2) is 24.4 Å². The van der Waals surface area contributed by atoms with Gasteiger partial charge in [-0.05, 0) is 32.0 Å². The summed E-state index contributed by atoms with van der Waals surface area (Å²) >= 11 is 1.23. The lowest BCUT2D eigenvalue weighted by Crippen LogP contribution is -2.03. The number of carbonyl (C=O) groups excluding carboxylic acids is 1. The van der Waals surface area contributed by atoms with Crippen molar-refractivity contribution < 1.29 is 14.5 Å². The van der Waals surface area contributed by atoms with Gasteiger partial charge in [0.15, 0.2) is 0 Å². The minimum atomic E-state index is -0.400. The zero-order valence-electron chi connectivity index (χ0n) is 13.4. The highest BCUT2D eigenvalue weighted by Crippen LogP contribution is 2.34. The molecule has 3 rings (SSSR count). The van der Waals surface area contributed by atoms with E-state index in [9.17, 15) is 14.9 Å². The van der Waals surface area contributed by atoms with Crippen molar-refractivity contribution in [3.63, 3.8) is 0 Å². The summed E-state index contributed by atoms with van der Waals surface area (Å²) < 4.78 is 6.74. The number of esters is 1. The Morgan fingerprint density at radius 3 is 2.88 bits per heavy atom. The van der Waals surface area contributed by atoms with Gasteiger partial charge in [-0.25, -0.2) is 9.78 Å². The van der Waals surface area contributed by atoms with E-state index >= 15 is 0 Å². The summed E-state index contributed by atoms with van der Waals surface area (Å²) in [6.07, 6.45) is 1.49. The number of nitro groups is 1. The SMILES string of the molecule is CCOC(=O)c1sc(-c2ccc3c(c2)c([N+](=O)[O-])cn3C)nc1C. The first-order valence-electron chi connectivity index (χ1n) is 7.30. The lowest BCUT2D eigenvalue weighted by molar-refractivity contribution is -0.383. The maximum absolute atomic E-state index is 11.9. The second-order valence-electron chi connectivity index (χ2n) is 5.27. The van der Waals surface area contributed by atoms with E-state index in [2.05, 4.69) is 4.98 Å². The molecule has 0 fully saturated rings. The molecule has 0 aliphatic carbocycles. The van der Waals surface area contributed by atoms with Crippen molar-refractivity contribution in [2.24, 2.45) is 7.05 Å². The van der Waals surface area contributed by atoms with Gasteiger partial charge in [-0.3, -0.25) is 10.1 Å². The molecule has 0 saturated heterocycles. The average Bonchev–Trinajstić information content (AvgIpc) is 3.08. The number of nitrogens with zero attached hydrogens (tertiary/aromatic N) is 3. The molecule has 7 nitrogen and oxygen atoms in total. The predicted octanol–water partition coefficient (Wildman–Crippen LogP) is 3.70. The van der Waals surface area contributed by atoms with Gasteiger partial charge >= 0.3 is 5.97 Å². The normalized spacial score (nSPS) is 11.0. The van der Waals surface area contributed by atoms with Crippen LogP contribution in [0.25, 0.3) is 21.5 Å². The first kappa shape index (κ1) is 16.1. The molecule has 1 aromatic carbocycles. The third-order valence-electron chi connectivity index (χ3n) is 3.67. The van der Waals surface area contributed by atoms with Crippen LogP contribution in [0.2, 0.25) is 0 Å². The van der Waals surface area contributed by atoms with Crippen molar-refractivity contribution in [3.8, 4) is 10.6 Å². The second kappa shape index (κ2) is 6.04. The highest BCUT2D eigenvalue weighted by molar-refractivity contribution is 7.17. The molecule has 0 atom stereocenters. The van der Waals surface area contributed by atoms with Crippen LogP contribution in [0, 0.1) is 17.0 Å². The van der Waals surface area contributed by atoms with Gasteiger partial charge in [-0.1, -0.05) is 0 Å². The number of aryl methyl sites for hydroxylation is 2. The Kier molecular flexibility index (Phi) is 4.06. The zero-order valence-corrected chi connectivity index (χ0v) is 14.2. The summed E-state index contributed by atoms with van der Waals surface area (Å²) in [7, 11) is 1.77. The van der Waals surface area contributed by atoms with Gasteiger partial charge in [-0.2, -0.15) is 0 Å². The van der Waals surface area contributed by atoms with Gasteiger partial charge in [0.25, 0.3) is 5.69 Å². The fourth-order valence-electron chi connectivity index (χ4n) is 2.56. The number of aromatic nitrogens is 2. The number of hydrogen-bond acceptors (Lipinski definition) is 6. The molecular weight excluding hydrogens is 330 g/mol. The van der Waals surface area contributed by atoms with E-state index in [1.54, 1.807) is 31.5 Å². The van der Waals surface area contributed by atoms with Crippen molar-refractivity contribution in [2.45, 2.75) is 13.8 Å². The topological polar surface area (TPSA) is 87.3 Å². The molecule has 0 aliphatic rings. The van der Waals surface area contributed by atoms with Gasteiger partial charge in [0.2, 0.25) is 0 Å². The molecule has 2 heterocycles. The van der Waals surface area contributed by atoms with Crippen molar-refractivity contribution in [3.05, 3.63) is 45.1 Å². The van der Waals surface area contributed by atoms with Gasteiger partial charge in [0.05, 0.1) is 34.3 Å². The first-order valence-corrected chi connectivity index (χ1v) is 8.12. The van der Waals surface area contributed by atoms with Gasteiger partial charge in [0, 0.05) is 12.6 Å². The van der Waals surface area contributed by atoms with Crippen LogP contribution in [0.3, 0.4) is 0 Å². The molecular formula is C16H15N3O4S. The predicted molar refractivity (Wildman–Crippen MR) is 91.4 cm³/mol. The lowest BCUT2D eigenvalue weighted by atomic mass is 10.1. The number of hydrogen-bond donors (Lipinski definition) is 0. The molecule has 24 heavy (non-hydrogen) atoms. The Labute approximate surface area is 141 Å². The average molecular weight is 345 g/mol. The zero-order chi connectivity index (χ0) is 17.4. The highest BCUT2D eigenvalue weighted by Gasteiger charge is 2.20. The molecule has 124 valence electrons. The number of benzene rings is 1. The van der Waals surface area contributed by atoms with Gasteiger partial charge < -0.3 is 9.30 Å². The van der Waals surface area contributed by atoms with E-state index < -0.39 is 10.9 Å². The minimum absolute atomic E-state index is 0.0493. The molecule has 0 spiro atoms. The van der Waals surface area contributed by atoms with Gasteiger partial charge in [0.1, 0.15) is 9.88 Å². The van der Waals surface area contributed by atoms with Crippen molar-refractivity contribution in [1.29, 1.82) is 0 Å². The molecule has 0 saturated carbocycles. The monoisotopic (exact) mass is 345 g/mol. The van der Waals surface area contributed by atoms with Crippen LogP contribution in [0.1, 0.15) is 22.3 Å². The van der Waals surface area contributed by atoms with Crippen molar-refractivity contribution in [2.75, 3.05) is 6.61 Å². The van der Waals surface area contributed by atoms with Gasteiger partial charge in [-0.15, -0.1) is 11.3 Å². The summed E-state index contributed by atoms with van der Waals surface area (Å²) in [5, 5.41) is 12.4. The Morgan fingerprint density at radius 2 is 2.21 bits per heavy atom. The molecule has 0 N–H and O–H groups in total. The minimum Gasteiger partial charge on any atom is -0.462 e. The third kappa shape index (κ3) is 2.65. The molecule has 8 heteroatoms. The van der Waals surface area contributed by atoms with E-state index in [0.29, 0.717) is 27.6 Å². The Hall–Kier alpha value is -2.74. The van der Waals surface area contributed by atoms with Crippen LogP contribution in [-0.2, 0) is 11.8 Å². The molecule has 0 radical (unpaired) electrons. The summed E-state index contributed by atoms with van der Waals surface area (Å²) in [5.74, 6) is -0.398. The van der Waals surface area contributed by atoms with Crippen LogP contribution in [0.5, 0.6) is 0 Å². The maximum Gasteiger partial charge on any atom is 0.350 e. The fraction of sp³-hybridized carbons (Fsp3) is 0.250. The molecule has 0 aliphatic heterocycles. The number of rotatable bonds is 4. The first-order chi connectivity index (χ1) is 11.4.